The molecule has 0 amide bonds. The van der Waals surface area contributed by atoms with Gasteiger partial charge in [-0.05, 0) is 13.3 Å². The second-order valence-corrected chi connectivity index (χ2v) is 5.26. The molecule has 0 unspecified atom stereocenters. The minimum Gasteiger partial charge on any atom is -0.369 e. The van der Waals surface area contributed by atoms with Crippen molar-refractivity contribution in [3.05, 3.63) is 40.2 Å². The van der Waals surface area contributed by atoms with Gasteiger partial charge in [-0.3, -0.25) is 9.78 Å². The van der Waals surface area contributed by atoms with E-state index >= 15 is 0 Å². The summed E-state index contributed by atoms with van der Waals surface area (Å²) in [6.07, 6.45) is 4.50. The molecule has 2 heterocycles. The predicted octanol–water partition coefficient (Wildman–Crippen LogP) is 1.98. The van der Waals surface area contributed by atoms with E-state index < -0.39 is 0 Å². The third-order valence-electron chi connectivity index (χ3n) is 2.47. The van der Waals surface area contributed by atoms with Crippen molar-refractivity contribution < 1.29 is 0 Å². The van der Waals surface area contributed by atoms with E-state index in [2.05, 4.69) is 32.2 Å². The first kappa shape index (κ1) is 14.5. The van der Waals surface area contributed by atoms with Crippen molar-refractivity contribution in [2.75, 3.05) is 11.9 Å². The van der Waals surface area contributed by atoms with Crippen molar-refractivity contribution in [1.29, 1.82) is 0 Å². The number of anilines is 1. The molecule has 0 aliphatic heterocycles. The number of nitrogens with zero attached hydrogens (tertiary/aromatic N) is 3. The molecule has 106 valence electrons. The van der Waals surface area contributed by atoms with Gasteiger partial charge in [0.05, 0.1) is 18.1 Å². The van der Waals surface area contributed by atoms with Gasteiger partial charge in [-0.1, -0.05) is 18.7 Å². The molecule has 0 aliphatic rings. The second kappa shape index (κ2) is 7.04. The van der Waals surface area contributed by atoms with E-state index in [1.165, 1.54) is 17.8 Å². The number of nitrogens with one attached hydrogen (secondary N) is 2. The Kier molecular flexibility index (Phi) is 5.11. The van der Waals surface area contributed by atoms with Gasteiger partial charge in [0.15, 0.2) is 5.16 Å². The summed E-state index contributed by atoms with van der Waals surface area (Å²) in [6, 6.07) is 1.47. The molecular weight excluding hydrogens is 274 g/mol. The number of thioether (sulfide) groups is 1. The zero-order chi connectivity index (χ0) is 14.4. The first-order valence-electron chi connectivity index (χ1n) is 6.43. The number of rotatable bonds is 6. The summed E-state index contributed by atoms with van der Waals surface area (Å²) in [7, 11) is 0. The quantitative estimate of drug-likeness (QED) is 0.625. The van der Waals surface area contributed by atoms with E-state index in [9.17, 15) is 4.79 Å². The molecule has 0 radical (unpaired) electrons. The van der Waals surface area contributed by atoms with Crippen molar-refractivity contribution in [2.24, 2.45) is 0 Å². The Morgan fingerprint density at radius 2 is 2.20 bits per heavy atom. The van der Waals surface area contributed by atoms with Crippen LogP contribution in [-0.4, -0.2) is 26.5 Å². The summed E-state index contributed by atoms with van der Waals surface area (Å²) in [5, 5.41) is 3.77. The lowest BCUT2D eigenvalue weighted by Crippen LogP contribution is -2.08. The van der Waals surface area contributed by atoms with Crippen LogP contribution in [0.15, 0.2) is 28.4 Å². The molecule has 0 saturated heterocycles. The van der Waals surface area contributed by atoms with Crippen LogP contribution in [0.4, 0.5) is 5.82 Å². The van der Waals surface area contributed by atoms with Gasteiger partial charge < -0.3 is 10.3 Å². The molecule has 0 atom stereocenters. The first-order chi connectivity index (χ1) is 9.67. The maximum Gasteiger partial charge on any atom is 0.251 e. The van der Waals surface area contributed by atoms with Crippen LogP contribution < -0.4 is 10.9 Å². The first-order valence-corrected chi connectivity index (χ1v) is 7.41. The lowest BCUT2D eigenvalue weighted by Gasteiger charge is -2.04. The van der Waals surface area contributed by atoms with Crippen molar-refractivity contribution in [3.63, 3.8) is 0 Å². The number of H-pyrrole nitrogens is 1. The zero-order valence-electron chi connectivity index (χ0n) is 11.5. The molecule has 0 spiro atoms. The summed E-state index contributed by atoms with van der Waals surface area (Å²) >= 11 is 1.44. The van der Waals surface area contributed by atoms with Gasteiger partial charge in [-0.25, -0.2) is 9.97 Å². The van der Waals surface area contributed by atoms with E-state index in [4.69, 9.17) is 0 Å². The molecule has 0 aromatic carbocycles. The standard InChI is InChI=1S/C13H17N5OS/c1-3-4-14-11-7-15-10(6-16-11)8-20-13-17-9(2)5-12(19)18-13/h5-7H,3-4,8H2,1-2H3,(H,14,16)(H,17,18,19). The Labute approximate surface area is 121 Å². The summed E-state index contributed by atoms with van der Waals surface area (Å²) in [4.78, 5) is 26.9. The molecular formula is C13H17N5OS. The van der Waals surface area contributed by atoms with Crippen molar-refractivity contribution in [2.45, 2.75) is 31.2 Å². The van der Waals surface area contributed by atoms with E-state index in [0.29, 0.717) is 16.6 Å². The maximum atomic E-state index is 11.3. The van der Waals surface area contributed by atoms with E-state index in [1.807, 2.05) is 0 Å². The zero-order valence-corrected chi connectivity index (χ0v) is 12.3. The van der Waals surface area contributed by atoms with Gasteiger partial charge in [-0.2, -0.15) is 0 Å². The fraction of sp³-hybridized carbons (Fsp3) is 0.385. The average molecular weight is 291 g/mol. The molecule has 0 bridgehead atoms. The molecule has 7 heteroatoms. The van der Waals surface area contributed by atoms with Crippen LogP contribution in [0.2, 0.25) is 0 Å². The van der Waals surface area contributed by atoms with Gasteiger partial charge in [-0.15, -0.1) is 0 Å². The Morgan fingerprint density at radius 3 is 2.85 bits per heavy atom. The molecule has 2 aromatic rings. The molecule has 2 rings (SSSR count). The number of hydrogen-bond acceptors (Lipinski definition) is 6. The van der Waals surface area contributed by atoms with Gasteiger partial charge in [0.2, 0.25) is 0 Å². The third kappa shape index (κ3) is 4.34. The van der Waals surface area contributed by atoms with E-state index in [0.717, 1.165) is 24.5 Å². The maximum absolute atomic E-state index is 11.3. The van der Waals surface area contributed by atoms with Crippen LogP contribution in [-0.2, 0) is 5.75 Å². The highest BCUT2D eigenvalue weighted by Gasteiger charge is 2.02. The number of aromatic nitrogens is 4. The topological polar surface area (TPSA) is 83.6 Å². The van der Waals surface area contributed by atoms with Crippen LogP contribution in [0.1, 0.15) is 24.7 Å². The van der Waals surface area contributed by atoms with Crippen LogP contribution in [0, 0.1) is 6.92 Å². The Morgan fingerprint density at radius 1 is 1.35 bits per heavy atom. The van der Waals surface area contributed by atoms with Crippen LogP contribution >= 0.6 is 11.8 Å². The molecule has 0 aliphatic carbocycles. The molecule has 2 aromatic heterocycles. The van der Waals surface area contributed by atoms with Crippen LogP contribution in [0.5, 0.6) is 0 Å². The third-order valence-corrected chi connectivity index (χ3v) is 3.37. The lowest BCUT2D eigenvalue weighted by atomic mass is 10.4. The van der Waals surface area contributed by atoms with Crippen molar-refractivity contribution >= 4 is 17.6 Å². The van der Waals surface area contributed by atoms with Gasteiger partial charge >= 0.3 is 0 Å². The average Bonchev–Trinajstić information content (AvgIpc) is 2.43. The van der Waals surface area contributed by atoms with Crippen molar-refractivity contribution in [1.82, 2.24) is 19.9 Å². The molecule has 0 saturated carbocycles. The molecule has 6 nitrogen and oxygen atoms in total. The van der Waals surface area contributed by atoms with Crippen molar-refractivity contribution in [3.8, 4) is 0 Å². The summed E-state index contributed by atoms with van der Waals surface area (Å²) < 4.78 is 0. The molecule has 2 N–H and O–H groups in total. The second-order valence-electron chi connectivity index (χ2n) is 4.30. The molecule has 0 fully saturated rings. The summed E-state index contributed by atoms with van der Waals surface area (Å²) in [5.41, 5.74) is 1.42. The Hall–Kier alpha value is -1.89. The highest BCUT2D eigenvalue weighted by atomic mass is 32.2. The highest BCUT2D eigenvalue weighted by Crippen LogP contribution is 2.16. The fourth-order valence-electron chi connectivity index (χ4n) is 1.54. The number of aryl methyl sites for hydroxylation is 1. The fourth-order valence-corrected chi connectivity index (χ4v) is 2.35. The minimum absolute atomic E-state index is 0.134. The van der Waals surface area contributed by atoms with E-state index in [1.54, 1.807) is 19.3 Å². The summed E-state index contributed by atoms with van der Waals surface area (Å²) in [6.45, 7) is 4.78. The Balaban J connectivity index is 1.95. The minimum atomic E-state index is -0.134. The van der Waals surface area contributed by atoms with Crippen LogP contribution in [0.3, 0.4) is 0 Å². The van der Waals surface area contributed by atoms with Gasteiger partial charge in [0.25, 0.3) is 5.56 Å². The number of aromatic amines is 1. The molecule has 20 heavy (non-hydrogen) atoms. The predicted molar refractivity (Wildman–Crippen MR) is 80.0 cm³/mol. The largest absolute Gasteiger partial charge is 0.369 e. The normalized spacial score (nSPS) is 10.5. The number of hydrogen-bond donors (Lipinski definition) is 2. The summed E-state index contributed by atoms with van der Waals surface area (Å²) in [5.74, 6) is 1.40. The highest BCUT2D eigenvalue weighted by molar-refractivity contribution is 7.98. The SMILES string of the molecule is CCCNc1cnc(CSc2nc(C)cc(=O)[nH]2)cn1. The van der Waals surface area contributed by atoms with Crippen LogP contribution in [0.25, 0.3) is 0 Å². The lowest BCUT2D eigenvalue weighted by molar-refractivity contribution is 0.903. The van der Waals surface area contributed by atoms with Gasteiger partial charge in [0, 0.05) is 24.1 Å². The Bertz CT molecular complexity index is 611. The monoisotopic (exact) mass is 291 g/mol. The smallest absolute Gasteiger partial charge is 0.251 e. The van der Waals surface area contributed by atoms with Gasteiger partial charge in [0.1, 0.15) is 5.82 Å². The van der Waals surface area contributed by atoms with E-state index in [-0.39, 0.29) is 5.56 Å².